The van der Waals surface area contributed by atoms with Gasteiger partial charge in [0.15, 0.2) is 5.89 Å². The quantitative estimate of drug-likeness (QED) is 0.666. The zero-order valence-electron chi connectivity index (χ0n) is 7.42. The summed E-state index contributed by atoms with van der Waals surface area (Å²) in [5, 5.41) is 0. The molecule has 2 heteroatoms. The van der Waals surface area contributed by atoms with Gasteiger partial charge < -0.3 is 4.42 Å². The molecule has 2 nitrogen and oxygen atoms in total. The molecule has 11 heavy (non-hydrogen) atoms. The van der Waals surface area contributed by atoms with Crippen molar-refractivity contribution in [3.05, 3.63) is 17.8 Å². The molecule has 0 aliphatic heterocycles. The normalized spacial score (nSPS) is 10.9. The van der Waals surface area contributed by atoms with Crippen LogP contribution in [0.1, 0.15) is 32.4 Å². The molecule has 1 aromatic heterocycles. The first-order chi connectivity index (χ1) is 5.22. The van der Waals surface area contributed by atoms with Crippen molar-refractivity contribution in [1.82, 2.24) is 4.98 Å². The Morgan fingerprint density at radius 3 is 2.73 bits per heavy atom. The van der Waals surface area contributed by atoms with E-state index >= 15 is 0 Å². The average molecular weight is 153 g/mol. The zero-order valence-corrected chi connectivity index (χ0v) is 7.42. The molecule has 0 saturated heterocycles. The van der Waals surface area contributed by atoms with Crippen LogP contribution in [0.5, 0.6) is 0 Å². The van der Waals surface area contributed by atoms with Crippen LogP contribution in [0.4, 0.5) is 0 Å². The highest BCUT2D eigenvalue weighted by Gasteiger charge is 2.03. The van der Waals surface area contributed by atoms with Crippen LogP contribution in [0.2, 0.25) is 0 Å². The van der Waals surface area contributed by atoms with E-state index in [1.165, 1.54) is 0 Å². The molecule has 0 aromatic carbocycles. The first-order valence-corrected chi connectivity index (χ1v) is 4.16. The average Bonchev–Trinajstić information content (AvgIpc) is 2.34. The minimum atomic E-state index is 0.646. The van der Waals surface area contributed by atoms with E-state index in [4.69, 9.17) is 4.42 Å². The number of rotatable bonds is 3. The molecule has 1 heterocycles. The predicted molar refractivity (Wildman–Crippen MR) is 44.4 cm³/mol. The molecule has 0 aliphatic rings. The fraction of sp³-hybridized carbons (Fsp3) is 0.667. The summed E-state index contributed by atoms with van der Waals surface area (Å²) in [5.74, 6) is 2.50. The zero-order chi connectivity index (χ0) is 8.27. The minimum absolute atomic E-state index is 0.646. The Labute approximate surface area is 67.6 Å². The van der Waals surface area contributed by atoms with Gasteiger partial charge in [-0.2, -0.15) is 0 Å². The van der Waals surface area contributed by atoms with Gasteiger partial charge in [-0.1, -0.05) is 20.8 Å². The Morgan fingerprint density at radius 1 is 1.55 bits per heavy atom. The number of nitrogens with zero attached hydrogens (tertiary/aromatic N) is 1. The predicted octanol–water partition coefficient (Wildman–Crippen LogP) is 2.44. The Hall–Kier alpha value is -0.790. The third kappa shape index (κ3) is 2.37. The highest BCUT2D eigenvalue weighted by molar-refractivity contribution is 4.94. The van der Waals surface area contributed by atoms with Crippen LogP contribution in [0.3, 0.4) is 0 Å². The lowest BCUT2D eigenvalue weighted by Gasteiger charge is -1.97. The molecular formula is C9H15NO. The van der Waals surface area contributed by atoms with Gasteiger partial charge in [-0.25, -0.2) is 4.98 Å². The molecule has 1 aromatic rings. The molecule has 0 aliphatic carbocycles. The van der Waals surface area contributed by atoms with Gasteiger partial charge in [0.25, 0.3) is 0 Å². The van der Waals surface area contributed by atoms with Crippen LogP contribution in [0, 0.1) is 5.92 Å². The lowest BCUT2D eigenvalue weighted by molar-refractivity contribution is 0.436. The van der Waals surface area contributed by atoms with Crippen LogP contribution in [0.15, 0.2) is 10.6 Å². The molecule has 0 unspecified atom stereocenters. The van der Waals surface area contributed by atoms with Crippen molar-refractivity contribution in [2.45, 2.75) is 33.6 Å². The summed E-state index contributed by atoms with van der Waals surface area (Å²) in [6.07, 6.45) is 3.71. The van der Waals surface area contributed by atoms with Gasteiger partial charge >= 0.3 is 0 Å². The van der Waals surface area contributed by atoms with Crippen molar-refractivity contribution in [2.24, 2.45) is 5.92 Å². The topological polar surface area (TPSA) is 26.0 Å². The number of hydrogen-bond acceptors (Lipinski definition) is 2. The van der Waals surface area contributed by atoms with Gasteiger partial charge in [0.1, 0.15) is 5.76 Å². The summed E-state index contributed by atoms with van der Waals surface area (Å²) in [4.78, 5) is 4.12. The fourth-order valence-electron chi connectivity index (χ4n) is 1.01. The molecule has 0 amide bonds. The third-order valence-electron chi connectivity index (χ3n) is 1.51. The maximum atomic E-state index is 5.43. The Kier molecular flexibility index (Phi) is 2.69. The summed E-state index contributed by atoms with van der Waals surface area (Å²) in [7, 11) is 0. The lowest BCUT2D eigenvalue weighted by Crippen LogP contribution is -1.90. The van der Waals surface area contributed by atoms with Crippen LogP contribution in [0.25, 0.3) is 0 Å². The van der Waals surface area contributed by atoms with Crippen molar-refractivity contribution in [2.75, 3.05) is 0 Å². The van der Waals surface area contributed by atoms with Crippen LogP contribution < -0.4 is 0 Å². The van der Waals surface area contributed by atoms with Gasteiger partial charge in [-0.05, 0) is 5.92 Å². The molecule has 0 bridgehead atoms. The second kappa shape index (κ2) is 3.56. The van der Waals surface area contributed by atoms with Crippen molar-refractivity contribution >= 4 is 0 Å². The van der Waals surface area contributed by atoms with Gasteiger partial charge in [0.2, 0.25) is 0 Å². The molecule has 1 rings (SSSR count). The van der Waals surface area contributed by atoms with Crippen LogP contribution in [-0.2, 0) is 12.8 Å². The highest BCUT2D eigenvalue weighted by Crippen LogP contribution is 2.09. The second-order valence-corrected chi connectivity index (χ2v) is 3.17. The molecule has 0 spiro atoms. The van der Waals surface area contributed by atoms with E-state index in [9.17, 15) is 0 Å². The summed E-state index contributed by atoms with van der Waals surface area (Å²) < 4.78 is 5.43. The molecule has 0 atom stereocenters. The number of aromatic nitrogens is 1. The summed E-state index contributed by atoms with van der Waals surface area (Å²) in [5.41, 5.74) is 0. The first kappa shape index (κ1) is 8.31. The van der Waals surface area contributed by atoms with Gasteiger partial charge in [0.05, 0.1) is 6.20 Å². The maximum Gasteiger partial charge on any atom is 0.194 e. The SMILES string of the molecule is CCc1ncc(CC(C)C)o1. The second-order valence-electron chi connectivity index (χ2n) is 3.17. The fourth-order valence-corrected chi connectivity index (χ4v) is 1.01. The monoisotopic (exact) mass is 153 g/mol. The van der Waals surface area contributed by atoms with E-state index in [1.54, 1.807) is 0 Å². The molecule has 0 fully saturated rings. The molecule has 0 radical (unpaired) electrons. The highest BCUT2D eigenvalue weighted by atomic mass is 16.4. The molecule has 0 saturated carbocycles. The Morgan fingerprint density at radius 2 is 2.27 bits per heavy atom. The van der Waals surface area contributed by atoms with Crippen LogP contribution >= 0.6 is 0 Å². The molecule has 62 valence electrons. The maximum absolute atomic E-state index is 5.43. The van der Waals surface area contributed by atoms with Crippen molar-refractivity contribution < 1.29 is 4.42 Å². The van der Waals surface area contributed by atoms with E-state index < -0.39 is 0 Å². The Balaban J connectivity index is 2.58. The number of aryl methyl sites for hydroxylation is 1. The van der Waals surface area contributed by atoms with Crippen molar-refractivity contribution in [1.29, 1.82) is 0 Å². The lowest BCUT2D eigenvalue weighted by atomic mass is 10.1. The number of hydrogen-bond donors (Lipinski definition) is 0. The number of oxazole rings is 1. The van der Waals surface area contributed by atoms with E-state index in [0.717, 1.165) is 24.5 Å². The van der Waals surface area contributed by atoms with Gasteiger partial charge in [0, 0.05) is 12.8 Å². The van der Waals surface area contributed by atoms with E-state index in [2.05, 4.69) is 18.8 Å². The molecule has 0 N–H and O–H groups in total. The van der Waals surface area contributed by atoms with E-state index in [1.807, 2.05) is 13.1 Å². The summed E-state index contributed by atoms with van der Waals surface area (Å²) in [6, 6.07) is 0. The van der Waals surface area contributed by atoms with Gasteiger partial charge in [-0.3, -0.25) is 0 Å². The Bertz CT molecular complexity index is 215. The van der Waals surface area contributed by atoms with Crippen molar-refractivity contribution in [3.63, 3.8) is 0 Å². The van der Waals surface area contributed by atoms with Crippen molar-refractivity contribution in [3.8, 4) is 0 Å². The smallest absolute Gasteiger partial charge is 0.194 e. The van der Waals surface area contributed by atoms with E-state index in [-0.39, 0.29) is 0 Å². The first-order valence-electron chi connectivity index (χ1n) is 4.16. The minimum Gasteiger partial charge on any atom is -0.446 e. The molecular weight excluding hydrogens is 138 g/mol. The third-order valence-corrected chi connectivity index (χ3v) is 1.51. The largest absolute Gasteiger partial charge is 0.446 e. The van der Waals surface area contributed by atoms with Crippen LogP contribution in [-0.4, -0.2) is 4.98 Å². The van der Waals surface area contributed by atoms with E-state index in [0.29, 0.717) is 5.92 Å². The summed E-state index contributed by atoms with van der Waals surface area (Å²) >= 11 is 0. The summed E-state index contributed by atoms with van der Waals surface area (Å²) in [6.45, 7) is 6.40. The standard InChI is InChI=1S/C9H15NO/c1-4-9-10-6-8(11-9)5-7(2)3/h6-7H,4-5H2,1-3H3. The van der Waals surface area contributed by atoms with Gasteiger partial charge in [-0.15, -0.1) is 0 Å².